The van der Waals surface area contributed by atoms with Crippen molar-refractivity contribution in [3.05, 3.63) is 78.9 Å². The fourth-order valence-corrected chi connectivity index (χ4v) is 9.06. The number of carbonyl (C=O) groups excluding carboxylic acids is 2. The zero-order valence-electron chi connectivity index (χ0n) is 28.5. The second-order valence-electron chi connectivity index (χ2n) is 14.0. The van der Waals surface area contributed by atoms with Crippen molar-refractivity contribution in [2.24, 2.45) is 11.8 Å². The van der Waals surface area contributed by atoms with Gasteiger partial charge in [-0.3, -0.25) is 0 Å². The van der Waals surface area contributed by atoms with Crippen LogP contribution in [0.3, 0.4) is 0 Å². The molecule has 5 rings (SSSR count). The third kappa shape index (κ3) is 9.79. The lowest BCUT2D eigenvalue weighted by Crippen LogP contribution is -2.39. The highest BCUT2D eigenvalue weighted by molar-refractivity contribution is 7.97. The van der Waals surface area contributed by atoms with E-state index in [1.165, 1.54) is 43.4 Å². The van der Waals surface area contributed by atoms with E-state index in [-0.39, 0.29) is 36.0 Å². The molecule has 0 radical (unpaired) electrons. The summed E-state index contributed by atoms with van der Waals surface area (Å²) in [6.07, 6.45) is 11.8. The summed E-state index contributed by atoms with van der Waals surface area (Å²) < 4.78 is 23.4. The molecule has 2 fully saturated rings. The molecule has 3 aromatic rings. The van der Waals surface area contributed by atoms with E-state index in [0.717, 1.165) is 35.5 Å². The van der Waals surface area contributed by atoms with Gasteiger partial charge in [0.25, 0.3) is 0 Å². The molecule has 0 amide bonds. The Morgan fingerprint density at radius 1 is 0.553 bits per heavy atom. The van der Waals surface area contributed by atoms with Crippen molar-refractivity contribution in [2.75, 3.05) is 13.2 Å². The standard InChI is InChI=1S/C40H51O6S/c1-39(2,30-14-8-5-9-15-30)45-37(41)28-43-32-20-24-35(25-21-32)47(34-18-12-7-13-19-34)36-26-22-33(23-27-36)44-29-38(42)46-40(3,4)31-16-10-6-11-17-31/h7,12-13,18-27,30-31H,5-6,8-11,14-17,28-29H2,1-4H3/q+1. The maximum atomic E-state index is 12.7. The molecular formula is C40H51O6S+. The molecule has 2 aliphatic rings. The van der Waals surface area contributed by atoms with Gasteiger partial charge in [-0.15, -0.1) is 0 Å². The van der Waals surface area contributed by atoms with Crippen LogP contribution in [0.4, 0.5) is 0 Å². The lowest BCUT2D eigenvalue weighted by molar-refractivity contribution is -0.166. The van der Waals surface area contributed by atoms with Crippen molar-refractivity contribution >= 4 is 22.8 Å². The molecule has 252 valence electrons. The Bertz CT molecular complexity index is 1330. The summed E-state index contributed by atoms with van der Waals surface area (Å²) in [5, 5.41) is 0. The van der Waals surface area contributed by atoms with Crippen molar-refractivity contribution in [3.63, 3.8) is 0 Å². The minimum Gasteiger partial charge on any atom is -0.482 e. The number of ether oxygens (including phenoxy) is 4. The fourth-order valence-electron chi connectivity index (χ4n) is 7.00. The first-order chi connectivity index (χ1) is 22.6. The van der Waals surface area contributed by atoms with E-state index in [2.05, 4.69) is 36.4 Å². The van der Waals surface area contributed by atoms with Gasteiger partial charge in [-0.2, -0.15) is 0 Å². The summed E-state index contributed by atoms with van der Waals surface area (Å²) in [5.41, 5.74) is -0.964. The molecule has 3 aromatic carbocycles. The summed E-state index contributed by atoms with van der Waals surface area (Å²) >= 11 is 0. The topological polar surface area (TPSA) is 71.1 Å². The molecule has 0 aromatic heterocycles. The van der Waals surface area contributed by atoms with Gasteiger partial charge < -0.3 is 18.9 Å². The van der Waals surface area contributed by atoms with Crippen LogP contribution >= 0.6 is 0 Å². The van der Waals surface area contributed by atoms with Gasteiger partial charge in [0, 0.05) is 0 Å². The monoisotopic (exact) mass is 659 g/mol. The van der Waals surface area contributed by atoms with Crippen LogP contribution in [0.1, 0.15) is 91.9 Å². The minimum atomic E-state index is -0.482. The molecule has 0 unspecified atom stereocenters. The Labute approximate surface area is 283 Å². The summed E-state index contributed by atoms with van der Waals surface area (Å²) in [4.78, 5) is 28.8. The number of rotatable bonds is 13. The van der Waals surface area contributed by atoms with Crippen LogP contribution in [0, 0.1) is 11.8 Å². The first-order valence-corrected chi connectivity index (χ1v) is 18.5. The largest absolute Gasteiger partial charge is 0.482 e. The van der Waals surface area contributed by atoms with Crippen LogP contribution < -0.4 is 9.47 Å². The average molecular weight is 660 g/mol. The van der Waals surface area contributed by atoms with Crippen LogP contribution in [0.25, 0.3) is 0 Å². The SMILES string of the molecule is CC(C)(OC(=O)COc1ccc([S+](c2ccccc2)c2ccc(OCC(=O)OC(C)(C)C3CCCCC3)cc2)cc1)C1CCCCC1. The molecule has 0 aliphatic heterocycles. The Kier molecular flexibility index (Phi) is 11.9. The number of benzene rings is 3. The minimum absolute atomic E-state index is 0.118. The van der Waals surface area contributed by atoms with E-state index in [1.807, 2.05) is 70.2 Å². The maximum absolute atomic E-state index is 12.7. The molecule has 0 saturated heterocycles. The van der Waals surface area contributed by atoms with Gasteiger partial charge >= 0.3 is 11.9 Å². The Balaban J connectivity index is 1.19. The Morgan fingerprint density at radius 3 is 1.30 bits per heavy atom. The summed E-state index contributed by atoms with van der Waals surface area (Å²) in [6.45, 7) is 7.84. The lowest BCUT2D eigenvalue weighted by Gasteiger charge is -2.36. The van der Waals surface area contributed by atoms with Gasteiger partial charge in [0.05, 0.1) is 10.9 Å². The maximum Gasteiger partial charge on any atom is 0.344 e. The van der Waals surface area contributed by atoms with Crippen molar-refractivity contribution in [2.45, 2.75) is 118 Å². The molecule has 0 spiro atoms. The van der Waals surface area contributed by atoms with Gasteiger partial charge in [-0.25, -0.2) is 9.59 Å². The predicted octanol–water partition coefficient (Wildman–Crippen LogP) is 9.34. The van der Waals surface area contributed by atoms with Gasteiger partial charge in [0.1, 0.15) is 22.7 Å². The third-order valence-corrected chi connectivity index (χ3v) is 12.0. The van der Waals surface area contributed by atoms with Gasteiger partial charge in [0.2, 0.25) is 0 Å². The Hall–Kier alpha value is -3.45. The summed E-state index contributed by atoms with van der Waals surface area (Å²) in [5.74, 6) is 1.38. The molecule has 0 bridgehead atoms. The van der Waals surface area contributed by atoms with Gasteiger partial charge in [-0.1, -0.05) is 56.7 Å². The van der Waals surface area contributed by atoms with Crippen LogP contribution in [0.5, 0.6) is 11.5 Å². The van der Waals surface area contributed by atoms with Gasteiger partial charge in [0.15, 0.2) is 27.9 Å². The average Bonchev–Trinajstić information content (AvgIpc) is 3.08. The van der Waals surface area contributed by atoms with Crippen LogP contribution in [0.15, 0.2) is 93.5 Å². The normalized spacial score (nSPS) is 16.4. The van der Waals surface area contributed by atoms with Crippen LogP contribution in [-0.4, -0.2) is 36.4 Å². The summed E-state index contributed by atoms with van der Waals surface area (Å²) in [6, 6.07) is 26.2. The van der Waals surface area contributed by atoms with Gasteiger partial charge in [-0.05, 0) is 126 Å². The highest BCUT2D eigenvalue weighted by atomic mass is 32.2. The van der Waals surface area contributed by atoms with Crippen LogP contribution in [0.2, 0.25) is 0 Å². The molecule has 2 aliphatic carbocycles. The number of carbonyl (C=O) groups is 2. The molecule has 47 heavy (non-hydrogen) atoms. The van der Waals surface area contributed by atoms with E-state index in [1.54, 1.807) is 0 Å². The smallest absolute Gasteiger partial charge is 0.344 e. The van der Waals surface area contributed by atoms with E-state index in [4.69, 9.17) is 18.9 Å². The Morgan fingerprint density at radius 2 is 0.915 bits per heavy atom. The predicted molar refractivity (Wildman–Crippen MR) is 186 cm³/mol. The number of hydrogen-bond acceptors (Lipinski definition) is 6. The fraction of sp³-hybridized carbons (Fsp3) is 0.500. The zero-order valence-corrected chi connectivity index (χ0v) is 29.3. The molecule has 7 heteroatoms. The number of esters is 2. The second-order valence-corrected chi connectivity index (χ2v) is 16.0. The molecular weight excluding hydrogens is 609 g/mol. The molecule has 0 atom stereocenters. The van der Waals surface area contributed by atoms with Crippen molar-refractivity contribution in [1.82, 2.24) is 0 Å². The zero-order chi connectivity index (χ0) is 33.3. The van der Waals surface area contributed by atoms with Crippen molar-refractivity contribution in [3.8, 4) is 11.5 Å². The van der Waals surface area contributed by atoms with Crippen LogP contribution in [-0.2, 0) is 30.0 Å². The van der Waals surface area contributed by atoms with E-state index in [9.17, 15) is 9.59 Å². The van der Waals surface area contributed by atoms with Crippen molar-refractivity contribution < 1.29 is 28.5 Å². The lowest BCUT2D eigenvalue weighted by atomic mass is 9.79. The third-order valence-electron chi connectivity index (χ3n) is 9.74. The molecule has 0 heterocycles. The first-order valence-electron chi connectivity index (χ1n) is 17.3. The molecule has 2 saturated carbocycles. The van der Waals surface area contributed by atoms with E-state index < -0.39 is 11.2 Å². The molecule has 6 nitrogen and oxygen atoms in total. The first kappa shape index (κ1) is 34.9. The second kappa shape index (κ2) is 16.1. The van der Waals surface area contributed by atoms with E-state index in [0.29, 0.717) is 23.3 Å². The quantitative estimate of drug-likeness (QED) is 0.135. The highest BCUT2D eigenvalue weighted by Crippen LogP contribution is 2.37. The van der Waals surface area contributed by atoms with Crippen molar-refractivity contribution in [1.29, 1.82) is 0 Å². The number of hydrogen-bond donors (Lipinski definition) is 0. The molecule has 0 N–H and O–H groups in total. The van der Waals surface area contributed by atoms with E-state index >= 15 is 0 Å². The summed E-state index contributed by atoms with van der Waals surface area (Å²) in [7, 11) is -0.384. The highest BCUT2D eigenvalue weighted by Gasteiger charge is 2.35.